The number of anilines is 2. The normalized spacial score (nSPS) is 11.9. The van der Waals surface area contributed by atoms with Crippen LogP contribution in [0.1, 0.15) is 26.7 Å². The van der Waals surface area contributed by atoms with Gasteiger partial charge in [0.15, 0.2) is 0 Å². The number of ether oxygens (including phenoxy) is 1. The summed E-state index contributed by atoms with van der Waals surface area (Å²) in [5, 5.41) is 2.71. The second-order valence-electron chi connectivity index (χ2n) is 7.30. The summed E-state index contributed by atoms with van der Waals surface area (Å²) in [6.07, 6.45) is 1.52. The van der Waals surface area contributed by atoms with Crippen molar-refractivity contribution in [1.82, 2.24) is 4.31 Å². The first kappa shape index (κ1) is 26.6. The fourth-order valence-corrected chi connectivity index (χ4v) is 5.69. The molecule has 0 radical (unpaired) electrons. The largest absolute Gasteiger partial charge is 0.497 e. The van der Waals surface area contributed by atoms with Gasteiger partial charge in [0.2, 0.25) is 26.0 Å². The van der Waals surface area contributed by atoms with E-state index in [1.807, 2.05) is 0 Å². The van der Waals surface area contributed by atoms with Crippen molar-refractivity contribution >= 4 is 37.3 Å². The highest BCUT2D eigenvalue weighted by molar-refractivity contribution is 7.92. The van der Waals surface area contributed by atoms with E-state index in [4.69, 9.17) is 4.74 Å². The van der Waals surface area contributed by atoms with Crippen molar-refractivity contribution in [3.05, 3.63) is 48.5 Å². The zero-order valence-electron chi connectivity index (χ0n) is 19.3. The number of nitrogens with zero attached hydrogens (tertiary/aromatic N) is 2. The third-order valence-corrected chi connectivity index (χ3v) is 8.27. The molecule has 0 aromatic heterocycles. The number of methoxy groups -OCH3 is 1. The molecule has 0 bridgehead atoms. The van der Waals surface area contributed by atoms with E-state index in [1.54, 1.807) is 38.1 Å². The number of nitrogens with one attached hydrogen (secondary N) is 1. The van der Waals surface area contributed by atoms with Gasteiger partial charge in [-0.25, -0.2) is 16.8 Å². The fraction of sp³-hybridized carbons (Fsp3) is 0.409. The molecule has 0 spiro atoms. The third-order valence-electron chi connectivity index (χ3n) is 5.01. The number of benzene rings is 2. The molecular weight excluding hydrogens is 466 g/mol. The molecule has 2 aromatic rings. The van der Waals surface area contributed by atoms with Crippen LogP contribution in [0.3, 0.4) is 0 Å². The van der Waals surface area contributed by atoms with Crippen LogP contribution in [0.2, 0.25) is 0 Å². The van der Waals surface area contributed by atoms with Gasteiger partial charge in [-0.15, -0.1) is 0 Å². The van der Waals surface area contributed by atoms with Gasteiger partial charge < -0.3 is 10.1 Å². The Morgan fingerprint density at radius 2 is 1.52 bits per heavy atom. The highest BCUT2D eigenvalue weighted by Crippen LogP contribution is 2.22. The Bertz CT molecular complexity index is 1130. The van der Waals surface area contributed by atoms with Crippen molar-refractivity contribution in [3.63, 3.8) is 0 Å². The molecule has 0 unspecified atom stereocenters. The van der Waals surface area contributed by atoms with Crippen LogP contribution in [0.4, 0.5) is 11.4 Å². The zero-order valence-corrected chi connectivity index (χ0v) is 20.9. The van der Waals surface area contributed by atoms with Crippen molar-refractivity contribution in [3.8, 4) is 5.75 Å². The molecule has 0 fully saturated rings. The Morgan fingerprint density at radius 1 is 0.939 bits per heavy atom. The maximum Gasteiger partial charge on any atom is 0.243 e. The van der Waals surface area contributed by atoms with Crippen LogP contribution in [0, 0.1) is 0 Å². The second kappa shape index (κ2) is 11.5. The summed E-state index contributed by atoms with van der Waals surface area (Å²) >= 11 is 0. The van der Waals surface area contributed by atoms with E-state index in [9.17, 15) is 21.6 Å². The summed E-state index contributed by atoms with van der Waals surface area (Å²) in [5.41, 5.74) is 0.956. The quantitative estimate of drug-likeness (QED) is 0.482. The molecule has 0 aliphatic rings. The van der Waals surface area contributed by atoms with Crippen LogP contribution in [-0.4, -0.2) is 60.0 Å². The van der Waals surface area contributed by atoms with Crippen molar-refractivity contribution in [1.29, 1.82) is 0 Å². The van der Waals surface area contributed by atoms with Crippen LogP contribution in [0.25, 0.3) is 0 Å². The van der Waals surface area contributed by atoms with Crippen LogP contribution in [0.15, 0.2) is 53.4 Å². The first-order chi connectivity index (χ1) is 15.5. The average Bonchev–Trinajstić information content (AvgIpc) is 2.77. The smallest absolute Gasteiger partial charge is 0.243 e. The van der Waals surface area contributed by atoms with Gasteiger partial charge >= 0.3 is 0 Å². The van der Waals surface area contributed by atoms with E-state index in [0.29, 0.717) is 36.6 Å². The third kappa shape index (κ3) is 7.18. The van der Waals surface area contributed by atoms with Gasteiger partial charge in [0.05, 0.1) is 23.9 Å². The lowest BCUT2D eigenvalue weighted by molar-refractivity contribution is -0.116. The van der Waals surface area contributed by atoms with Crippen LogP contribution >= 0.6 is 0 Å². The number of carbonyl (C=O) groups excluding carboxylic acids is 1. The predicted octanol–water partition coefficient (Wildman–Crippen LogP) is 2.91. The van der Waals surface area contributed by atoms with Gasteiger partial charge in [-0.3, -0.25) is 9.10 Å². The molecule has 1 amide bonds. The van der Waals surface area contributed by atoms with E-state index in [2.05, 4.69) is 5.32 Å². The Balaban J connectivity index is 1.97. The first-order valence-electron chi connectivity index (χ1n) is 10.5. The van der Waals surface area contributed by atoms with Gasteiger partial charge in [0.1, 0.15) is 5.75 Å². The Labute approximate surface area is 196 Å². The molecule has 0 saturated carbocycles. The van der Waals surface area contributed by atoms with Crippen LogP contribution in [-0.2, 0) is 24.8 Å². The number of hydrogen-bond donors (Lipinski definition) is 1. The molecule has 9 nitrogen and oxygen atoms in total. The summed E-state index contributed by atoms with van der Waals surface area (Å²) in [6.45, 7) is 4.43. The molecule has 33 heavy (non-hydrogen) atoms. The van der Waals surface area contributed by atoms with Gasteiger partial charge in [-0.05, 0) is 55.0 Å². The number of rotatable bonds is 12. The van der Waals surface area contributed by atoms with Crippen molar-refractivity contribution in [2.45, 2.75) is 31.6 Å². The number of hydrogen-bond acceptors (Lipinski definition) is 6. The van der Waals surface area contributed by atoms with Gasteiger partial charge in [-0.2, -0.15) is 4.31 Å². The van der Waals surface area contributed by atoms with Crippen molar-refractivity contribution in [2.24, 2.45) is 0 Å². The SMILES string of the molecule is CCN(CC)S(=O)(=O)c1ccc(NC(=O)CCCN(c2ccc(OC)cc2)S(C)(=O)=O)cc1. The first-order valence-corrected chi connectivity index (χ1v) is 13.8. The monoisotopic (exact) mass is 497 g/mol. The number of amides is 1. The lowest BCUT2D eigenvalue weighted by atomic mass is 10.2. The van der Waals surface area contributed by atoms with E-state index >= 15 is 0 Å². The minimum absolute atomic E-state index is 0.0989. The molecule has 182 valence electrons. The maximum absolute atomic E-state index is 12.5. The Hall–Kier alpha value is -2.63. The van der Waals surface area contributed by atoms with Gasteiger partial charge in [-0.1, -0.05) is 13.8 Å². The lowest BCUT2D eigenvalue weighted by Gasteiger charge is -2.22. The summed E-state index contributed by atoms with van der Waals surface area (Å²) in [5.74, 6) is 0.319. The zero-order chi connectivity index (χ0) is 24.6. The average molecular weight is 498 g/mol. The maximum atomic E-state index is 12.5. The molecule has 0 atom stereocenters. The summed E-state index contributed by atoms with van der Waals surface area (Å²) in [6, 6.07) is 12.6. The summed E-state index contributed by atoms with van der Waals surface area (Å²) in [7, 11) is -5.56. The Morgan fingerprint density at radius 3 is 2.00 bits per heavy atom. The molecule has 0 aliphatic carbocycles. The lowest BCUT2D eigenvalue weighted by Crippen LogP contribution is -2.31. The van der Waals surface area contributed by atoms with Crippen molar-refractivity contribution in [2.75, 3.05) is 42.6 Å². The topological polar surface area (TPSA) is 113 Å². The van der Waals surface area contributed by atoms with E-state index in [0.717, 1.165) is 6.26 Å². The minimum Gasteiger partial charge on any atom is -0.497 e. The molecule has 11 heteroatoms. The molecule has 2 rings (SSSR count). The van der Waals surface area contributed by atoms with Gasteiger partial charge in [0.25, 0.3) is 0 Å². The molecule has 2 aromatic carbocycles. The standard InChI is InChI=1S/C22H31N3O6S2/c1-5-24(6-2)33(29,30)21-15-9-18(10-16-21)23-22(26)8-7-17-25(32(4,27)28)19-11-13-20(31-3)14-12-19/h9-16H,5-8,17H2,1-4H3,(H,23,26). The highest BCUT2D eigenvalue weighted by Gasteiger charge is 2.21. The van der Waals surface area contributed by atoms with E-state index in [-0.39, 0.29) is 23.8 Å². The molecule has 0 saturated heterocycles. The molecule has 1 N–H and O–H groups in total. The summed E-state index contributed by atoms with van der Waals surface area (Å²) < 4.78 is 57.2. The summed E-state index contributed by atoms with van der Waals surface area (Å²) in [4.78, 5) is 12.5. The minimum atomic E-state index is -3.56. The predicted molar refractivity (Wildman–Crippen MR) is 130 cm³/mol. The second-order valence-corrected chi connectivity index (χ2v) is 11.1. The van der Waals surface area contributed by atoms with E-state index < -0.39 is 20.0 Å². The van der Waals surface area contributed by atoms with Crippen molar-refractivity contribution < 1.29 is 26.4 Å². The Kier molecular flexibility index (Phi) is 9.26. The molecule has 0 heterocycles. The fourth-order valence-electron chi connectivity index (χ4n) is 3.26. The van der Waals surface area contributed by atoms with E-state index in [1.165, 1.54) is 40.0 Å². The molecule has 0 aliphatic heterocycles. The number of carbonyl (C=O) groups is 1. The van der Waals surface area contributed by atoms with Crippen LogP contribution in [0.5, 0.6) is 5.75 Å². The number of sulfonamides is 2. The highest BCUT2D eigenvalue weighted by atomic mass is 32.2. The van der Waals surface area contributed by atoms with Gasteiger partial charge in [0, 0.05) is 31.7 Å². The van der Waals surface area contributed by atoms with Crippen LogP contribution < -0.4 is 14.4 Å². The molecular formula is C22H31N3O6S2.